The summed E-state index contributed by atoms with van der Waals surface area (Å²) in [4.78, 5) is -0.268. The van der Waals surface area contributed by atoms with Gasteiger partial charge in [-0.1, -0.05) is 0 Å². The number of benzene rings is 2. The highest BCUT2D eigenvalue weighted by molar-refractivity contribution is 8.01. The monoisotopic (exact) mass is 385 g/mol. The molecule has 0 aliphatic carbocycles. The Morgan fingerprint density at radius 1 is 1.28 bits per heavy atom. The van der Waals surface area contributed by atoms with Gasteiger partial charge in [-0.25, -0.2) is 12.8 Å². The molecule has 1 aliphatic rings. The Balaban J connectivity index is 2.10. The zero-order chi connectivity index (χ0) is 18.4. The van der Waals surface area contributed by atoms with Crippen LogP contribution in [0.25, 0.3) is 0 Å². The molecule has 2 aromatic rings. The molecule has 0 fully saturated rings. The first-order valence-corrected chi connectivity index (χ1v) is 9.61. The fourth-order valence-corrected chi connectivity index (χ4v) is 4.79. The van der Waals surface area contributed by atoms with E-state index in [1.165, 1.54) is 18.2 Å². The molecule has 130 valence electrons. The molecule has 0 spiro atoms. The second-order valence-electron chi connectivity index (χ2n) is 5.45. The lowest BCUT2D eigenvalue weighted by Gasteiger charge is -2.12. The number of nitriles is 1. The van der Waals surface area contributed by atoms with Gasteiger partial charge in [0.1, 0.15) is 17.3 Å². The van der Waals surface area contributed by atoms with Crippen molar-refractivity contribution in [3.05, 3.63) is 47.3 Å². The average molecular weight is 385 g/mol. The van der Waals surface area contributed by atoms with E-state index in [-0.39, 0.29) is 44.2 Å². The molecule has 9 heteroatoms. The van der Waals surface area contributed by atoms with Gasteiger partial charge in [-0.05, 0) is 36.0 Å². The highest BCUT2D eigenvalue weighted by Gasteiger charge is 2.43. The molecule has 25 heavy (non-hydrogen) atoms. The fourth-order valence-electron chi connectivity index (χ4n) is 2.46. The largest absolute Gasteiger partial charge is 0.457 e. The van der Waals surface area contributed by atoms with E-state index in [1.54, 1.807) is 6.07 Å². The number of hydrogen-bond donors (Lipinski definition) is 0. The third-order valence-electron chi connectivity index (χ3n) is 3.44. The Morgan fingerprint density at radius 2 is 2.00 bits per heavy atom. The molecule has 0 bridgehead atoms. The van der Waals surface area contributed by atoms with Crippen molar-refractivity contribution in [3.63, 3.8) is 0 Å². The smallest absolute Gasteiger partial charge is 0.302 e. The predicted octanol–water partition coefficient (Wildman–Crippen LogP) is 4.13. The SMILES string of the molecule is CS(=O)(=O)c1ccc(Oc2cc(F)cc(C#N)c2)c2c1SC(F)(F)C2. The predicted molar refractivity (Wildman–Crippen MR) is 85.2 cm³/mol. The molecule has 0 atom stereocenters. The van der Waals surface area contributed by atoms with E-state index in [1.807, 2.05) is 0 Å². The molecule has 4 nitrogen and oxygen atoms in total. The van der Waals surface area contributed by atoms with Gasteiger partial charge in [0.25, 0.3) is 0 Å². The lowest BCUT2D eigenvalue weighted by Crippen LogP contribution is -2.07. The van der Waals surface area contributed by atoms with E-state index in [4.69, 9.17) is 10.00 Å². The average Bonchev–Trinajstić information content (AvgIpc) is 2.80. The second kappa shape index (κ2) is 5.97. The summed E-state index contributed by atoms with van der Waals surface area (Å²) in [6, 6.07) is 7.49. The number of alkyl halides is 2. The van der Waals surface area contributed by atoms with E-state index in [2.05, 4.69) is 0 Å². The maximum Gasteiger partial charge on any atom is 0.302 e. The molecular weight excluding hydrogens is 375 g/mol. The van der Waals surface area contributed by atoms with Gasteiger partial charge >= 0.3 is 5.25 Å². The molecule has 0 amide bonds. The molecule has 0 radical (unpaired) electrons. The number of fused-ring (bicyclic) bond motifs is 1. The van der Waals surface area contributed by atoms with Crippen molar-refractivity contribution in [1.29, 1.82) is 5.26 Å². The van der Waals surface area contributed by atoms with Crippen LogP contribution in [0.1, 0.15) is 11.1 Å². The Hall–Kier alpha value is -2.18. The summed E-state index contributed by atoms with van der Waals surface area (Å²) in [5, 5.41) is 5.69. The summed E-state index contributed by atoms with van der Waals surface area (Å²) < 4.78 is 70.2. The van der Waals surface area contributed by atoms with Crippen LogP contribution in [0.4, 0.5) is 13.2 Å². The van der Waals surface area contributed by atoms with Crippen molar-refractivity contribution in [2.75, 3.05) is 6.26 Å². The van der Waals surface area contributed by atoms with Gasteiger partial charge in [0, 0.05) is 22.8 Å². The van der Waals surface area contributed by atoms with Crippen LogP contribution in [0.15, 0.2) is 40.1 Å². The lowest BCUT2D eigenvalue weighted by molar-refractivity contribution is 0.110. The van der Waals surface area contributed by atoms with E-state index in [0.29, 0.717) is 0 Å². The van der Waals surface area contributed by atoms with Crippen LogP contribution in [0.2, 0.25) is 0 Å². The molecular formula is C16H10F3NO3S2. The minimum Gasteiger partial charge on any atom is -0.457 e. The normalized spacial score (nSPS) is 15.5. The highest BCUT2D eigenvalue weighted by Crippen LogP contribution is 2.53. The van der Waals surface area contributed by atoms with E-state index < -0.39 is 27.3 Å². The quantitative estimate of drug-likeness (QED) is 0.795. The Kier molecular flexibility index (Phi) is 4.21. The maximum absolute atomic E-state index is 13.8. The first-order chi connectivity index (χ1) is 11.6. The minimum atomic E-state index is -3.70. The van der Waals surface area contributed by atoms with Crippen molar-refractivity contribution in [1.82, 2.24) is 0 Å². The summed E-state index contributed by atoms with van der Waals surface area (Å²) in [6.45, 7) is 0. The van der Waals surface area contributed by atoms with Crippen LogP contribution < -0.4 is 4.74 Å². The number of nitrogens with zero attached hydrogens (tertiary/aromatic N) is 1. The van der Waals surface area contributed by atoms with Gasteiger partial charge in [0.15, 0.2) is 9.84 Å². The molecule has 2 aromatic carbocycles. The molecule has 0 saturated carbocycles. The molecule has 0 saturated heterocycles. The third-order valence-corrected chi connectivity index (χ3v) is 5.82. The fraction of sp³-hybridized carbons (Fsp3) is 0.188. The van der Waals surface area contributed by atoms with E-state index >= 15 is 0 Å². The third kappa shape index (κ3) is 3.60. The number of sulfone groups is 1. The first-order valence-electron chi connectivity index (χ1n) is 6.90. The summed E-state index contributed by atoms with van der Waals surface area (Å²) in [7, 11) is -3.70. The Bertz CT molecular complexity index is 1010. The van der Waals surface area contributed by atoms with Gasteiger partial charge in [0.05, 0.1) is 22.9 Å². The zero-order valence-corrected chi connectivity index (χ0v) is 14.3. The van der Waals surface area contributed by atoms with Gasteiger partial charge in [-0.2, -0.15) is 14.0 Å². The maximum atomic E-state index is 13.8. The standard InChI is InChI=1S/C16H10F3NO3S2/c1-25(21,22)14-3-2-13(12-7-16(18,19)24-15(12)14)23-11-5-9(8-20)4-10(17)6-11/h2-6H,7H2,1H3. The number of rotatable bonds is 3. The zero-order valence-electron chi connectivity index (χ0n) is 12.7. The molecule has 0 aromatic heterocycles. The Labute approximate surface area is 146 Å². The number of thioether (sulfide) groups is 1. The van der Waals surface area contributed by atoms with Crippen LogP contribution in [0, 0.1) is 17.1 Å². The summed E-state index contributed by atoms with van der Waals surface area (Å²) >= 11 is 0.163. The van der Waals surface area contributed by atoms with Gasteiger partial charge in [-0.3, -0.25) is 0 Å². The van der Waals surface area contributed by atoms with Crippen molar-refractivity contribution in [2.45, 2.75) is 21.5 Å². The molecule has 0 unspecified atom stereocenters. The lowest BCUT2D eigenvalue weighted by atomic mass is 10.1. The minimum absolute atomic E-state index is 0.00145. The van der Waals surface area contributed by atoms with Crippen LogP contribution in [-0.2, 0) is 16.3 Å². The Morgan fingerprint density at radius 3 is 2.64 bits per heavy atom. The summed E-state index contributed by atoms with van der Waals surface area (Å²) in [5.74, 6) is -0.745. The van der Waals surface area contributed by atoms with Gasteiger partial charge < -0.3 is 4.74 Å². The van der Waals surface area contributed by atoms with Crippen molar-refractivity contribution in [2.24, 2.45) is 0 Å². The molecule has 1 heterocycles. The van der Waals surface area contributed by atoms with Crippen LogP contribution in [0.5, 0.6) is 11.5 Å². The molecule has 1 aliphatic heterocycles. The second-order valence-corrected chi connectivity index (χ2v) is 8.64. The van der Waals surface area contributed by atoms with Crippen LogP contribution >= 0.6 is 11.8 Å². The van der Waals surface area contributed by atoms with Crippen LogP contribution in [0.3, 0.4) is 0 Å². The number of hydrogen-bond acceptors (Lipinski definition) is 5. The van der Waals surface area contributed by atoms with Gasteiger partial charge in [-0.15, -0.1) is 0 Å². The number of halogens is 3. The van der Waals surface area contributed by atoms with Crippen LogP contribution in [-0.4, -0.2) is 19.9 Å². The molecule has 0 N–H and O–H groups in total. The topological polar surface area (TPSA) is 67.2 Å². The number of ether oxygens (including phenoxy) is 1. The summed E-state index contributed by atoms with van der Waals surface area (Å²) in [5.41, 5.74) is 0.0554. The summed E-state index contributed by atoms with van der Waals surface area (Å²) in [6.07, 6.45) is 0.234. The first kappa shape index (κ1) is 17.6. The molecule has 3 rings (SSSR count). The van der Waals surface area contributed by atoms with Crippen molar-refractivity contribution in [3.8, 4) is 17.6 Å². The van der Waals surface area contributed by atoms with Crippen molar-refractivity contribution >= 4 is 21.6 Å². The van der Waals surface area contributed by atoms with Gasteiger partial charge in [0.2, 0.25) is 0 Å². The highest BCUT2D eigenvalue weighted by atomic mass is 32.2. The van der Waals surface area contributed by atoms with E-state index in [0.717, 1.165) is 18.4 Å². The van der Waals surface area contributed by atoms with Crippen molar-refractivity contribution < 1.29 is 26.3 Å². The van der Waals surface area contributed by atoms with E-state index in [9.17, 15) is 21.6 Å².